The molecule has 2 fully saturated rings. The van der Waals surface area contributed by atoms with Crippen molar-refractivity contribution < 1.29 is 14.3 Å². The van der Waals surface area contributed by atoms with E-state index in [4.69, 9.17) is 9.47 Å². The lowest BCUT2D eigenvalue weighted by atomic mass is 10.2. The van der Waals surface area contributed by atoms with Crippen LogP contribution in [0.3, 0.4) is 0 Å². The molecule has 1 amide bonds. The molecule has 0 radical (unpaired) electrons. The molecule has 1 unspecified atom stereocenters. The summed E-state index contributed by atoms with van der Waals surface area (Å²) in [6, 6.07) is 3.91. The predicted octanol–water partition coefficient (Wildman–Crippen LogP) is 1.71. The van der Waals surface area contributed by atoms with E-state index in [1.54, 1.807) is 12.4 Å². The molecule has 2 aromatic heterocycles. The number of thiazole rings is 1. The number of ether oxygens (including phenoxy) is 2. The number of carbonyl (C=O) groups excluding carboxylic acids is 1. The van der Waals surface area contributed by atoms with E-state index < -0.39 is 0 Å². The lowest BCUT2D eigenvalue weighted by Crippen LogP contribution is -2.54. The molecule has 2 aliphatic rings. The Morgan fingerprint density at radius 2 is 2.14 bits per heavy atom. The Bertz CT molecular complexity index is 761. The highest BCUT2D eigenvalue weighted by molar-refractivity contribution is 7.14. The molecule has 4 rings (SSSR count). The number of nitrogens with zero attached hydrogens (tertiary/aromatic N) is 4. The Balaban J connectivity index is 0.00000150. The zero-order chi connectivity index (χ0) is 18.5. The van der Waals surface area contributed by atoms with Crippen molar-refractivity contribution in [3.8, 4) is 5.75 Å². The molecule has 1 N–H and O–H groups in total. The summed E-state index contributed by atoms with van der Waals surface area (Å²) in [5.41, 5.74) is 0.516. The maximum atomic E-state index is 12.6. The number of anilines is 1. The van der Waals surface area contributed by atoms with Gasteiger partial charge in [-0.1, -0.05) is 0 Å². The number of piperazine rings is 1. The van der Waals surface area contributed by atoms with Crippen molar-refractivity contribution in [2.24, 2.45) is 0 Å². The molecule has 160 valence electrons. The molecule has 8 nitrogen and oxygen atoms in total. The summed E-state index contributed by atoms with van der Waals surface area (Å²) < 4.78 is 11.2. The topological polar surface area (TPSA) is 79.8 Å². The molecular weight excluding hydrogens is 437 g/mol. The smallest absolute Gasteiger partial charge is 0.273 e. The van der Waals surface area contributed by atoms with Crippen LogP contribution in [0.2, 0.25) is 0 Å². The third kappa shape index (κ3) is 5.93. The summed E-state index contributed by atoms with van der Waals surface area (Å²) in [4.78, 5) is 25.4. The quantitative estimate of drug-likeness (QED) is 0.725. The number of hydrogen-bond acceptors (Lipinski definition) is 8. The van der Waals surface area contributed by atoms with Gasteiger partial charge in [-0.05, 0) is 12.1 Å². The first kappa shape index (κ1) is 23.6. The van der Waals surface area contributed by atoms with Gasteiger partial charge in [0.25, 0.3) is 5.91 Å². The molecule has 2 saturated heterocycles. The van der Waals surface area contributed by atoms with Gasteiger partial charge >= 0.3 is 0 Å². The van der Waals surface area contributed by atoms with Gasteiger partial charge in [0.15, 0.2) is 5.13 Å². The van der Waals surface area contributed by atoms with E-state index in [9.17, 15) is 4.79 Å². The fourth-order valence-corrected chi connectivity index (χ4v) is 4.11. The Morgan fingerprint density at radius 3 is 2.90 bits per heavy atom. The summed E-state index contributed by atoms with van der Waals surface area (Å²) in [5, 5.41) is 6.13. The van der Waals surface area contributed by atoms with Crippen LogP contribution >= 0.6 is 36.2 Å². The molecule has 0 aliphatic carbocycles. The number of carbonyl (C=O) groups is 1. The molecule has 4 heterocycles. The van der Waals surface area contributed by atoms with E-state index in [-0.39, 0.29) is 36.8 Å². The lowest BCUT2D eigenvalue weighted by Gasteiger charge is -2.35. The van der Waals surface area contributed by atoms with Gasteiger partial charge in [0.1, 0.15) is 18.1 Å². The fraction of sp³-hybridized carbons (Fsp3) is 0.500. The van der Waals surface area contributed by atoms with Crippen molar-refractivity contribution in [3.05, 3.63) is 35.6 Å². The van der Waals surface area contributed by atoms with Crippen LogP contribution in [0.1, 0.15) is 10.5 Å². The minimum atomic E-state index is -0.0147. The molecule has 0 bridgehead atoms. The van der Waals surface area contributed by atoms with Crippen molar-refractivity contribution in [2.45, 2.75) is 6.04 Å². The van der Waals surface area contributed by atoms with Crippen molar-refractivity contribution in [2.75, 3.05) is 57.4 Å². The molecular formula is C18H25Cl2N5O3S. The van der Waals surface area contributed by atoms with Crippen LogP contribution in [0.4, 0.5) is 5.13 Å². The Hall–Kier alpha value is -1.65. The molecule has 0 saturated carbocycles. The van der Waals surface area contributed by atoms with Crippen molar-refractivity contribution in [1.82, 2.24) is 20.2 Å². The monoisotopic (exact) mass is 461 g/mol. The molecule has 2 aromatic rings. The second-order valence-electron chi connectivity index (χ2n) is 6.47. The SMILES string of the molecule is Cl.Cl.O=C(c1csc(N2CCNCC2COc2cccnc2)n1)N1CCOCC1. The average molecular weight is 462 g/mol. The lowest BCUT2D eigenvalue weighted by molar-refractivity contribution is 0.0299. The highest BCUT2D eigenvalue weighted by Crippen LogP contribution is 2.25. The van der Waals surface area contributed by atoms with Gasteiger partial charge < -0.3 is 24.6 Å². The summed E-state index contributed by atoms with van der Waals surface area (Å²) in [5.74, 6) is 0.740. The number of aromatic nitrogens is 2. The van der Waals surface area contributed by atoms with E-state index in [1.807, 2.05) is 22.4 Å². The number of pyridine rings is 1. The number of hydrogen-bond donors (Lipinski definition) is 1. The van der Waals surface area contributed by atoms with E-state index in [2.05, 4.69) is 20.2 Å². The van der Waals surface area contributed by atoms with Gasteiger partial charge in [-0.2, -0.15) is 0 Å². The highest BCUT2D eigenvalue weighted by atomic mass is 35.5. The third-order valence-corrected chi connectivity index (χ3v) is 5.56. The third-order valence-electron chi connectivity index (χ3n) is 4.68. The number of morpholine rings is 1. The van der Waals surface area contributed by atoms with Crippen molar-refractivity contribution in [1.29, 1.82) is 0 Å². The van der Waals surface area contributed by atoms with E-state index in [0.717, 1.165) is 30.5 Å². The summed E-state index contributed by atoms with van der Waals surface area (Å²) in [6.45, 7) is 5.50. The maximum absolute atomic E-state index is 12.6. The molecule has 0 spiro atoms. The molecule has 0 aromatic carbocycles. The second-order valence-corrected chi connectivity index (χ2v) is 7.31. The number of rotatable bonds is 5. The van der Waals surface area contributed by atoms with Crippen LogP contribution in [-0.4, -0.2) is 79.4 Å². The molecule has 2 aliphatic heterocycles. The second kappa shape index (κ2) is 11.5. The van der Waals surface area contributed by atoms with Crippen LogP contribution in [0.25, 0.3) is 0 Å². The summed E-state index contributed by atoms with van der Waals surface area (Å²) >= 11 is 1.51. The zero-order valence-corrected chi connectivity index (χ0v) is 18.3. The first-order valence-electron chi connectivity index (χ1n) is 9.14. The van der Waals surface area contributed by atoms with Gasteiger partial charge in [0, 0.05) is 44.3 Å². The zero-order valence-electron chi connectivity index (χ0n) is 15.9. The predicted molar refractivity (Wildman–Crippen MR) is 117 cm³/mol. The minimum absolute atomic E-state index is 0. The number of amides is 1. The Kier molecular flexibility index (Phi) is 9.38. The van der Waals surface area contributed by atoms with Crippen LogP contribution < -0.4 is 15.0 Å². The fourth-order valence-electron chi connectivity index (χ4n) is 3.21. The minimum Gasteiger partial charge on any atom is -0.490 e. The molecule has 1 atom stereocenters. The van der Waals surface area contributed by atoms with E-state index in [0.29, 0.717) is 38.6 Å². The Labute approximate surface area is 186 Å². The van der Waals surface area contributed by atoms with Gasteiger partial charge in [0.05, 0.1) is 25.5 Å². The van der Waals surface area contributed by atoms with Gasteiger partial charge in [-0.15, -0.1) is 36.2 Å². The average Bonchev–Trinajstić information content (AvgIpc) is 3.23. The maximum Gasteiger partial charge on any atom is 0.273 e. The van der Waals surface area contributed by atoms with Crippen molar-refractivity contribution >= 4 is 47.2 Å². The summed E-state index contributed by atoms with van der Waals surface area (Å²) in [7, 11) is 0. The largest absolute Gasteiger partial charge is 0.490 e. The van der Waals surface area contributed by atoms with Gasteiger partial charge in [-0.25, -0.2) is 4.98 Å². The van der Waals surface area contributed by atoms with Crippen molar-refractivity contribution in [3.63, 3.8) is 0 Å². The van der Waals surface area contributed by atoms with Gasteiger partial charge in [-0.3, -0.25) is 9.78 Å². The van der Waals surface area contributed by atoms with E-state index >= 15 is 0 Å². The van der Waals surface area contributed by atoms with Crippen LogP contribution in [0, 0.1) is 0 Å². The summed E-state index contributed by atoms with van der Waals surface area (Å²) in [6.07, 6.45) is 3.44. The van der Waals surface area contributed by atoms with Crippen LogP contribution in [0.5, 0.6) is 5.75 Å². The standard InChI is InChI=1S/C18H23N5O3S.2ClH/c24-17(22-6-8-25-9-7-22)16-13-27-18(21-16)23-5-4-20-10-14(23)12-26-15-2-1-3-19-11-15;;/h1-3,11,13-14,20H,4-10,12H2;2*1H. The number of halogens is 2. The Morgan fingerprint density at radius 1 is 1.31 bits per heavy atom. The first-order valence-corrected chi connectivity index (χ1v) is 10.0. The van der Waals surface area contributed by atoms with Crippen LogP contribution in [0.15, 0.2) is 29.9 Å². The van der Waals surface area contributed by atoms with Gasteiger partial charge in [0.2, 0.25) is 0 Å². The first-order chi connectivity index (χ1) is 13.3. The molecule has 29 heavy (non-hydrogen) atoms. The number of nitrogens with one attached hydrogen (secondary N) is 1. The highest BCUT2D eigenvalue weighted by Gasteiger charge is 2.27. The normalized spacial score (nSPS) is 19.1. The molecule has 11 heteroatoms. The van der Waals surface area contributed by atoms with E-state index in [1.165, 1.54) is 11.3 Å². The van der Waals surface area contributed by atoms with Crippen LogP contribution in [-0.2, 0) is 4.74 Å².